The van der Waals surface area contributed by atoms with Crippen molar-refractivity contribution < 1.29 is 0 Å². The first-order valence-electron chi connectivity index (χ1n) is 5.58. The van der Waals surface area contributed by atoms with Crippen molar-refractivity contribution in [2.45, 2.75) is 26.8 Å². The summed E-state index contributed by atoms with van der Waals surface area (Å²) in [5.74, 6) is 1.02. The van der Waals surface area contributed by atoms with E-state index in [1.54, 1.807) is 0 Å². The zero-order valence-electron chi connectivity index (χ0n) is 10.4. The first-order valence-corrected chi connectivity index (χ1v) is 6.37. The van der Waals surface area contributed by atoms with Gasteiger partial charge < -0.3 is 10.2 Å². The SMILES string of the molecule is Cc1nc(N(C)CCNC(C)C)ccc1Br. The minimum atomic E-state index is 0.535. The topological polar surface area (TPSA) is 28.2 Å². The van der Waals surface area contributed by atoms with E-state index in [1.165, 1.54) is 0 Å². The Bertz CT molecular complexity index is 339. The predicted molar refractivity (Wildman–Crippen MR) is 73.1 cm³/mol. The normalized spacial score (nSPS) is 10.9. The Kier molecular flexibility index (Phi) is 5.22. The summed E-state index contributed by atoms with van der Waals surface area (Å²) in [6.45, 7) is 8.26. The van der Waals surface area contributed by atoms with Gasteiger partial charge in [-0.15, -0.1) is 0 Å². The van der Waals surface area contributed by atoms with Gasteiger partial charge in [0.1, 0.15) is 5.82 Å². The van der Waals surface area contributed by atoms with Crippen LogP contribution in [0, 0.1) is 6.92 Å². The third kappa shape index (κ3) is 4.10. The lowest BCUT2D eigenvalue weighted by Gasteiger charge is -2.19. The van der Waals surface area contributed by atoms with E-state index in [-0.39, 0.29) is 0 Å². The number of hydrogen-bond donors (Lipinski definition) is 1. The highest BCUT2D eigenvalue weighted by Gasteiger charge is 2.04. The number of halogens is 1. The van der Waals surface area contributed by atoms with Gasteiger partial charge in [0.25, 0.3) is 0 Å². The second-order valence-electron chi connectivity index (χ2n) is 4.27. The van der Waals surface area contributed by atoms with Crippen LogP contribution in [-0.4, -0.2) is 31.2 Å². The number of aryl methyl sites for hydroxylation is 1. The van der Waals surface area contributed by atoms with Crippen LogP contribution < -0.4 is 10.2 Å². The highest BCUT2D eigenvalue weighted by molar-refractivity contribution is 9.10. The fourth-order valence-electron chi connectivity index (χ4n) is 1.38. The molecule has 0 fully saturated rings. The van der Waals surface area contributed by atoms with Gasteiger partial charge in [0.05, 0.1) is 5.69 Å². The van der Waals surface area contributed by atoms with Gasteiger partial charge in [-0.2, -0.15) is 0 Å². The van der Waals surface area contributed by atoms with Crippen molar-refractivity contribution in [2.75, 3.05) is 25.0 Å². The van der Waals surface area contributed by atoms with Crippen LogP contribution >= 0.6 is 15.9 Å². The number of hydrogen-bond acceptors (Lipinski definition) is 3. The Morgan fingerprint density at radius 3 is 2.69 bits per heavy atom. The predicted octanol–water partition coefficient (Wildman–Crippen LogP) is 2.59. The average molecular weight is 286 g/mol. The van der Waals surface area contributed by atoms with Gasteiger partial charge in [-0.3, -0.25) is 0 Å². The van der Waals surface area contributed by atoms with E-state index in [0.717, 1.165) is 29.1 Å². The molecule has 16 heavy (non-hydrogen) atoms. The molecule has 0 amide bonds. The molecule has 0 saturated carbocycles. The average Bonchev–Trinajstić information content (AvgIpc) is 2.21. The Morgan fingerprint density at radius 2 is 2.12 bits per heavy atom. The summed E-state index contributed by atoms with van der Waals surface area (Å²) in [7, 11) is 2.07. The molecule has 0 saturated heterocycles. The van der Waals surface area contributed by atoms with Crippen molar-refractivity contribution in [3.63, 3.8) is 0 Å². The number of aromatic nitrogens is 1. The van der Waals surface area contributed by atoms with Crippen molar-refractivity contribution in [3.05, 3.63) is 22.3 Å². The van der Waals surface area contributed by atoms with Gasteiger partial charge in [0.15, 0.2) is 0 Å². The third-order valence-electron chi connectivity index (χ3n) is 2.40. The molecule has 90 valence electrons. The molecule has 1 aromatic rings. The monoisotopic (exact) mass is 285 g/mol. The summed E-state index contributed by atoms with van der Waals surface area (Å²) in [6.07, 6.45) is 0. The van der Waals surface area contributed by atoms with Crippen molar-refractivity contribution >= 4 is 21.7 Å². The van der Waals surface area contributed by atoms with Crippen LogP contribution in [0.4, 0.5) is 5.82 Å². The lowest BCUT2D eigenvalue weighted by molar-refractivity contribution is 0.588. The van der Waals surface area contributed by atoms with Gasteiger partial charge >= 0.3 is 0 Å². The highest BCUT2D eigenvalue weighted by atomic mass is 79.9. The third-order valence-corrected chi connectivity index (χ3v) is 3.24. The molecule has 0 aromatic carbocycles. The largest absolute Gasteiger partial charge is 0.358 e. The molecule has 0 unspecified atom stereocenters. The molecule has 1 N–H and O–H groups in total. The Balaban J connectivity index is 2.52. The summed E-state index contributed by atoms with van der Waals surface area (Å²) in [6, 6.07) is 4.62. The lowest BCUT2D eigenvalue weighted by atomic mass is 10.3. The van der Waals surface area contributed by atoms with Crippen LogP contribution in [0.25, 0.3) is 0 Å². The maximum atomic E-state index is 4.52. The fraction of sp³-hybridized carbons (Fsp3) is 0.583. The summed E-state index contributed by atoms with van der Waals surface area (Å²) in [4.78, 5) is 6.68. The molecular weight excluding hydrogens is 266 g/mol. The summed E-state index contributed by atoms with van der Waals surface area (Å²) in [5.41, 5.74) is 1.03. The van der Waals surface area contributed by atoms with E-state index in [9.17, 15) is 0 Å². The minimum Gasteiger partial charge on any atom is -0.358 e. The standard InChI is InChI=1S/C12H20BrN3/c1-9(2)14-7-8-16(4)12-6-5-11(13)10(3)15-12/h5-6,9,14H,7-8H2,1-4H3. The number of rotatable bonds is 5. The van der Waals surface area contributed by atoms with E-state index in [2.05, 4.69) is 52.0 Å². The van der Waals surface area contributed by atoms with Crippen molar-refractivity contribution in [3.8, 4) is 0 Å². The maximum Gasteiger partial charge on any atom is 0.128 e. The molecular formula is C12H20BrN3. The van der Waals surface area contributed by atoms with Gasteiger partial charge in [0, 0.05) is 30.7 Å². The molecule has 0 bridgehead atoms. The molecule has 0 aliphatic rings. The number of likely N-dealkylation sites (N-methyl/N-ethyl adjacent to an activating group) is 1. The summed E-state index contributed by atoms with van der Waals surface area (Å²) in [5, 5.41) is 3.39. The van der Waals surface area contributed by atoms with E-state index in [0.29, 0.717) is 6.04 Å². The van der Waals surface area contributed by atoms with Crippen LogP contribution in [0.3, 0.4) is 0 Å². The van der Waals surface area contributed by atoms with Gasteiger partial charge in [-0.25, -0.2) is 4.98 Å². The molecule has 4 heteroatoms. The molecule has 3 nitrogen and oxygen atoms in total. The number of nitrogens with zero attached hydrogens (tertiary/aromatic N) is 2. The van der Waals surface area contributed by atoms with Gasteiger partial charge in [0.2, 0.25) is 0 Å². The highest BCUT2D eigenvalue weighted by Crippen LogP contribution is 2.17. The van der Waals surface area contributed by atoms with E-state index in [1.807, 2.05) is 19.1 Å². The summed E-state index contributed by atoms with van der Waals surface area (Å²) >= 11 is 3.46. The second-order valence-corrected chi connectivity index (χ2v) is 5.12. The first kappa shape index (κ1) is 13.5. The Hall–Kier alpha value is -0.610. The van der Waals surface area contributed by atoms with Crippen LogP contribution in [0.5, 0.6) is 0 Å². The quantitative estimate of drug-likeness (QED) is 0.901. The fourth-order valence-corrected chi connectivity index (χ4v) is 1.60. The molecule has 0 atom stereocenters. The second kappa shape index (κ2) is 6.21. The molecule has 1 heterocycles. The van der Waals surface area contributed by atoms with E-state index >= 15 is 0 Å². The molecule has 0 radical (unpaired) electrons. The Labute approximate surface area is 106 Å². The molecule has 0 aliphatic carbocycles. The van der Waals surface area contributed by atoms with Crippen LogP contribution in [-0.2, 0) is 0 Å². The molecule has 1 rings (SSSR count). The molecule has 0 spiro atoms. The van der Waals surface area contributed by atoms with Crippen molar-refractivity contribution in [1.82, 2.24) is 10.3 Å². The van der Waals surface area contributed by atoms with Gasteiger partial charge in [-0.05, 0) is 35.0 Å². The van der Waals surface area contributed by atoms with Crippen LogP contribution in [0.15, 0.2) is 16.6 Å². The molecule has 1 aromatic heterocycles. The number of pyridine rings is 1. The zero-order valence-corrected chi connectivity index (χ0v) is 12.0. The van der Waals surface area contributed by atoms with Gasteiger partial charge in [-0.1, -0.05) is 13.8 Å². The smallest absolute Gasteiger partial charge is 0.128 e. The minimum absolute atomic E-state index is 0.535. The summed E-state index contributed by atoms with van der Waals surface area (Å²) < 4.78 is 1.06. The first-order chi connectivity index (χ1) is 7.50. The van der Waals surface area contributed by atoms with E-state index in [4.69, 9.17) is 0 Å². The zero-order chi connectivity index (χ0) is 12.1. The van der Waals surface area contributed by atoms with E-state index < -0.39 is 0 Å². The molecule has 0 aliphatic heterocycles. The van der Waals surface area contributed by atoms with Crippen molar-refractivity contribution in [2.24, 2.45) is 0 Å². The van der Waals surface area contributed by atoms with Crippen LogP contribution in [0.1, 0.15) is 19.5 Å². The lowest BCUT2D eigenvalue weighted by Crippen LogP contribution is -2.33. The number of nitrogens with one attached hydrogen (secondary N) is 1. The van der Waals surface area contributed by atoms with Crippen molar-refractivity contribution in [1.29, 1.82) is 0 Å². The Morgan fingerprint density at radius 1 is 1.44 bits per heavy atom. The van der Waals surface area contributed by atoms with Crippen LogP contribution in [0.2, 0.25) is 0 Å². The number of anilines is 1. The maximum absolute atomic E-state index is 4.52.